The summed E-state index contributed by atoms with van der Waals surface area (Å²) >= 11 is 0. The fourth-order valence-corrected chi connectivity index (χ4v) is 0.886. The number of anilines is 1. The highest BCUT2D eigenvalue weighted by Crippen LogP contribution is 2.20. The van der Waals surface area contributed by atoms with E-state index in [0.717, 1.165) is 11.3 Å². The Balaban J connectivity index is 3.14. The zero-order valence-electron chi connectivity index (χ0n) is 6.91. The second-order valence-corrected chi connectivity index (χ2v) is 2.58. The summed E-state index contributed by atoms with van der Waals surface area (Å²) in [4.78, 5) is 3.91. The van der Waals surface area contributed by atoms with Gasteiger partial charge in [0.2, 0.25) is 0 Å². The van der Waals surface area contributed by atoms with Gasteiger partial charge in [0, 0.05) is 5.69 Å². The van der Waals surface area contributed by atoms with Crippen LogP contribution in [0.15, 0.2) is 23.2 Å². The van der Waals surface area contributed by atoms with Crippen LogP contribution in [0.3, 0.4) is 0 Å². The molecule has 12 heavy (non-hydrogen) atoms. The number of rotatable bonds is 1. The third kappa shape index (κ3) is 1.88. The lowest BCUT2D eigenvalue weighted by Gasteiger charge is -2.01. The molecular weight excluding hydrogens is 154 g/mol. The summed E-state index contributed by atoms with van der Waals surface area (Å²) in [5.41, 5.74) is 18.4. The number of nitrogens with zero attached hydrogens (tertiary/aromatic N) is 1. The molecule has 6 N–H and O–H groups in total. The van der Waals surface area contributed by atoms with E-state index in [9.17, 15) is 0 Å². The lowest BCUT2D eigenvalue weighted by atomic mass is 10.2. The number of nitrogen functional groups attached to an aromatic ring is 1. The van der Waals surface area contributed by atoms with Gasteiger partial charge in [-0.1, -0.05) is 6.07 Å². The molecule has 0 radical (unpaired) electrons. The smallest absolute Gasteiger partial charge is 0.191 e. The lowest BCUT2D eigenvalue weighted by Crippen LogP contribution is -2.22. The Morgan fingerprint density at radius 2 is 2.00 bits per heavy atom. The highest BCUT2D eigenvalue weighted by molar-refractivity contribution is 5.80. The van der Waals surface area contributed by atoms with Gasteiger partial charge in [0.25, 0.3) is 0 Å². The Hall–Kier alpha value is -1.71. The number of hydrogen-bond acceptors (Lipinski definition) is 2. The third-order valence-electron chi connectivity index (χ3n) is 1.48. The van der Waals surface area contributed by atoms with E-state index in [1.54, 1.807) is 12.1 Å². The average Bonchev–Trinajstić information content (AvgIpc) is 1.96. The van der Waals surface area contributed by atoms with Crippen LogP contribution < -0.4 is 17.2 Å². The summed E-state index contributed by atoms with van der Waals surface area (Å²) in [6.07, 6.45) is 0. The Morgan fingerprint density at radius 3 is 2.58 bits per heavy atom. The van der Waals surface area contributed by atoms with Crippen molar-refractivity contribution in [3.63, 3.8) is 0 Å². The molecule has 0 saturated heterocycles. The van der Waals surface area contributed by atoms with Crippen LogP contribution in [0.25, 0.3) is 0 Å². The van der Waals surface area contributed by atoms with Crippen molar-refractivity contribution >= 4 is 17.3 Å². The summed E-state index contributed by atoms with van der Waals surface area (Å²) < 4.78 is 0. The maximum Gasteiger partial charge on any atom is 0.191 e. The molecule has 1 aromatic carbocycles. The SMILES string of the molecule is Cc1ccc(N)cc1N=[14C](N)N. The molecule has 0 fully saturated rings. The van der Waals surface area contributed by atoms with Crippen LogP contribution in [-0.2, 0) is 0 Å². The summed E-state index contributed by atoms with van der Waals surface area (Å²) in [6.45, 7) is 1.92. The fraction of sp³-hybridized carbons (Fsp3) is 0.125. The molecule has 0 aliphatic heterocycles. The van der Waals surface area contributed by atoms with E-state index in [0.29, 0.717) is 5.69 Å². The van der Waals surface area contributed by atoms with E-state index in [4.69, 9.17) is 17.2 Å². The monoisotopic (exact) mass is 166 g/mol. The molecule has 64 valence electrons. The van der Waals surface area contributed by atoms with Crippen molar-refractivity contribution < 1.29 is 0 Å². The first-order valence-electron chi connectivity index (χ1n) is 3.55. The molecule has 0 amide bonds. The van der Waals surface area contributed by atoms with Crippen molar-refractivity contribution in [2.45, 2.75) is 6.92 Å². The summed E-state index contributed by atoms with van der Waals surface area (Å²) in [6, 6.07) is 5.41. The van der Waals surface area contributed by atoms with Gasteiger partial charge in [-0.3, -0.25) is 0 Å². The highest BCUT2D eigenvalue weighted by Gasteiger charge is 1.96. The van der Waals surface area contributed by atoms with Crippen LogP contribution >= 0.6 is 0 Å². The number of nitrogens with two attached hydrogens (primary N) is 3. The second-order valence-electron chi connectivity index (χ2n) is 2.58. The van der Waals surface area contributed by atoms with Gasteiger partial charge in [0.15, 0.2) is 5.96 Å². The standard InChI is InChI=1S/C8H12N4/c1-5-2-3-6(9)4-7(5)12-8(10)11/h2-4H,9H2,1H3,(H4,10,11,12)/i8+2. The minimum Gasteiger partial charge on any atom is -0.399 e. The second kappa shape index (κ2) is 3.13. The van der Waals surface area contributed by atoms with Crippen molar-refractivity contribution in [2.24, 2.45) is 16.5 Å². The Morgan fingerprint density at radius 1 is 1.33 bits per heavy atom. The summed E-state index contributed by atoms with van der Waals surface area (Å²) in [7, 11) is 0. The molecule has 1 aromatic rings. The van der Waals surface area contributed by atoms with Gasteiger partial charge >= 0.3 is 0 Å². The minimum atomic E-state index is 0.0451. The number of hydrogen-bond donors (Lipinski definition) is 3. The first kappa shape index (κ1) is 8.39. The van der Waals surface area contributed by atoms with Gasteiger partial charge in [-0.25, -0.2) is 4.99 Å². The molecule has 0 unspecified atom stereocenters. The van der Waals surface area contributed by atoms with Crippen LogP contribution in [0.5, 0.6) is 0 Å². The molecule has 0 aromatic heterocycles. The molecule has 0 aliphatic carbocycles. The topological polar surface area (TPSA) is 90.4 Å². The molecule has 0 saturated carbocycles. The van der Waals surface area contributed by atoms with Crippen molar-refractivity contribution in [1.82, 2.24) is 0 Å². The van der Waals surface area contributed by atoms with Crippen LogP contribution in [0.4, 0.5) is 11.4 Å². The molecule has 4 nitrogen and oxygen atoms in total. The van der Waals surface area contributed by atoms with Crippen LogP contribution in [0.2, 0.25) is 0 Å². The lowest BCUT2D eigenvalue weighted by molar-refractivity contribution is 1.36. The van der Waals surface area contributed by atoms with Gasteiger partial charge < -0.3 is 17.2 Å². The van der Waals surface area contributed by atoms with E-state index in [2.05, 4.69) is 4.99 Å². The zero-order valence-corrected chi connectivity index (χ0v) is 6.91. The normalized spacial score (nSPS) is 9.42. The number of aryl methyl sites for hydroxylation is 1. The zero-order chi connectivity index (χ0) is 9.14. The molecule has 0 heterocycles. The quantitative estimate of drug-likeness (QED) is 0.322. The molecule has 0 atom stereocenters. The van der Waals surface area contributed by atoms with Crippen molar-refractivity contribution in [3.8, 4) is 0 Å². The van der Waals surface area contributed by atoms with Gasteiger partial charge in [0.1, 0.15) is 0 Å². The molecular formula is C8H12N4. The van der Waals surface area contributed by atoms with Gasteiger partial charge in [-0.15, -0.1) is 0 Å². The first-order valence-corrected chi connectivity index (χ1v) is 3.55. The number of aliphatic imine (C=N–C) groups is 1. The Kier molecular flexibility index (Phi) is 2.19. The molecule has 0 spiro atoms. The molecule has 0 aliphatic rings. The van der Waals surface area contributed by atoms with E-state index < -0.39 is 0 Å². The van der Waals surface area contributed by atoms with Crippen LogP contribution in [0.1, 0.15) is 5.56 Å². The minimum absolute atomic E-state index is 0.0451. The number of benzene rings is 1. The maximum absolute atomic E-state index is 5.55. The van der Waals surface area contributed by atoms with E-state index in [1.165, 1.54) is 0 Å². The summed E-state index contributed by atoms with van der Waals surface area (Å²) in [5.74, 6) is 0.0451. The predicted octanol–water partition coefficient (Wildman–Crippen LogP) is 0.482. The maximum atomic E-state index is 5.55. The largest absolute Gasteiger partial charge is 0.399 e. The summed E-state index contributed by atoms with van der Waals surface area (Å²) in [5, 5.41) is 0. The highest BCUT2D eigenvalue weighted by atomic mass is 15.6. The first-order chi connectivity index (χ1) is 5.59. The molecule has 0 bridgehead atoms. The van der Waals surface area contributed by atoms with Crippen LogP contribution in [0, 0.1) is 6.92 Å². The Bertz CT molecular complexity index is 313. The van der Waals surface area contributed by atoms with Gasteiger partial charge in [-0.05, 0) is 24.6 Å². The third-order valence-corrected chi connectivity index (χ3v) is 1.48. The van der Waals surface area contributed by atoms with Gasteiger partial charge in [0.05, 0.1) is 5.69 Å². The molecule has 4 heteroatoms. The molecule has 1 rings (SSSR count). The fourth-order valence-electron chi connectivity index (χ4n) is 0.886. The Labute approximate surface area is 71.1 Å². The van der Waals surface area contributed by atoms with Crippen molar-refractivity contribution in [3.05, 3.63) is 23.8 Å². The van der Waals surface area contributed by atoms with E-state index in [-0.39, 0.29) is 5.96 Å². The van der Waals surface area contributed by atoms with E-state index >= 15 is 0 Å². The van der Waals surface area contributed by atoms with Gasteiger partial charge in [-0.2, -0.15) is 0 Å². The average molecular weight is 166 g/mol. The van der Waals surface area contributed by atoms with Crippen LogP contribution in [-0.4, -0.2) is 5.96 Å². The van der Waals surface area contributed by atoms with Crippen molar-refractivity contribution in [2.75, 3.05) is 5.73 Å². The predicted molar refractivity (Wildman–Crippen MR) is 51.1 cm³/mol. The van der Waals surface area contributed by atoms with Crippen molar-refractivity contribution in [1.29, 1.82) is 0 Å². The van der Waals surface area contributed by atoms with E-state index in [1.807, 2.05) is 13.0 Å². The number of guanidine groups is 1.